The maximum atomic E-state index is 11.9. The van der Waals surface area contributed by atoms with Gasteiger partial charge in [0.25, 0.3) is 0 Å². The van der Waals surface area contributed by atoms with Gasteiger partial charge < -0.3 is 10.2 Å². The lowest BCUT2D eigenvalue weighted by atomic mass is 10.0. The number of halogens is 1. The third kappa shape index (κ3) is 2.32. The lowest BCUT2D eigenvalue weighted by Gasteiger charge is -2.29. The molecule has 0 saturated heterocycles. The summed E-state index contributed by atoms with van der Waals surface area (Å²) in [6, 6.07) is 6.74. The zero-order chi connectivity index (χ0) is 11.8. The molecule has 0 atom stereocenters. The molecule has 1 aromatic carbocycles. The van der Waals surface area contributed by atoms with Gasteiger partial charge in [0, 0.05) is 23.6 Å². The molecule has 0 unspecified atom stereocenters. The van der Waals surface area contributed by atoms with Gasteiger partial charge in [-0.15, -0.1) is 0 Å². The Morgan fingerprint density at radius 1 is 1.41 bits per heavy atom. The number of carbonyl (C=O) groups excluding carboxylic acids is 1. The van der Waals surface area contributed by atoms with E-state index in [0.717, 1.165) is 36.8 Å². The molecule has 1 aliphatic heterocycles. The van der Waals surface area contributed by atoms with Gasteiger partial charge in [-0.3, -0.25) is 0 Å². The molecule has 2 amide bonds. The van der Waals surface area contributed by atoms with Gasteiger partial charge in [0.15, 0.2) is 0 Å². The maximum absolute atomic E-state index is 11.9. The fourth-order valence-corrected chi connectivity index (χ4v) is 2.84. The monoisotopic (exact) mass is 294 g/mol. The second-order valence-corrected chi connectivity index (χ2v) is 5.63. The van der Waals surface area contributed by atoms with Gasteiger partial charge >= 0.3 is 6.03 Å². The van der Waals surface area contributed by atoms with E-state index in [2.05, 4.69) is 33.4 Å². The first-order chi connectivity index (χ1) is 8.24. The second kappa shape index (κ2) is 4.33. The van der Waals surface area contributed by atoms with Gasteiger partial charge in [-0.25, -0.2) is 4.79 Å². The topological polar surface area (TPSA) is 32.3 Å². The molecular formula is C13H15BrN2O. The van der Waals surface area contributed by atoms with Crippen LogP contribution in [0.1, 0.15) is 24.0 Å². The molecule has 0 radical (unpaired) electrons. The summed E-state index contributed by atoms with van der Waals surface area (Å²) < 4.78 is 1.16. The number of urea groups is 1. The highest BCUT2D eigenvalue weighted by molar-refractivity contribution is 9.10. The molecular weight excluding hydrogens is 280 g/mol. The van der Waals surface area contributed by atoms with Crippen molar-refractivity contribution >= 4 is 22.0 Å². The first kappa shape index (κ1) is 11.1. The minimum Gasteiger partial charge on any atom is -0.335 e. The van der Waals surface area contributed by atoms with Crippen LogP contribution in [-0.2, 0) is 13.0 Å². The van der Waals surface area contributed by atoms with Gasteiger partial charge in [-0.1, -0.05) is 28.1 Å². The van der Waals surface area contributed by atoms with Crippen molar-refractivity contribution in [3.05, 3.63) is 33.8 Å². The number of nitrogens with one attached hydrogen (secondary N) is 1. The highest BCUT2D eigenvalue weighted by Gasteiger charge is 2.27. The Bertz CT molecular complexity index is 457. The lowest BCUT2D eigenvalue weighted by molar-refractivity contribution is 0.192. The van der Waals surface area contributed by atoms with Gasteiger partial charge in [0.05, 0.1) is 0 Å². The van der Waals surface area contributed by atoms with E-state index < -0.39 is 0 Å². The number of benzene rings is 1. The standard InChI is InChI=1S/C13H15BrN2O/c14-12-3-1-2-9-8-16(7-6-11(9)12)13(17)15-10-4-5-10/h1-3,10H,4-8H2,(H,15,17). The maximum Gasteiger partial charge on any atom is 0.317 e. The van der Waals surface area contributed by atoms with Crippen LogP contribution in [0.25, 0.3) is 0 Å². The van der Waals surface area contributed by atoms with Crippen molar-refractivity contribution in [2.75, 3.05) is 6.54 Å². The molecule has 3 nitrogen and oxygen atoms in total. The van der Waals surface area contributed by atoms with E-state index in [4.69, 9.17) is 0 Å². The van der Waals surface area contributed by atoms with Crippen molar-refractivity contribution in [3.8, 4) is 0 Å². The molecule has 17 heavy (non-hydrogen) atoms. The van der Waals surface area contributed by atoms with E-state index in [0.29, 0.717) is 6.04 Å². The van der Waals surface area contributed by atoms with Gasteiger partial charge in [0.1, 0.15) is 0 Å². The Kier molecular flexibility index (Phi) is 2.82. The highest BCUT2D eigenvalue weighted by Crippen LogP contribution is 2.27. The minimum absolute atomic E-state index is 0.0955. The first-order valence-electron chi connectivity index (χ1n) is 6.06. The number of hydrogen-bond donors (Lipinski definition) is 1. The smallest absolute Gasteiger partial charge is 0.317 e. The normalized spacial score (nSPS) is 18.8. The zero-order valence-corrected chi connectivity index (χ0v) is 11.2. The summed E-state index contributed by atoms with van der Waals surface area (Å²) in [6.45, 7) is 1.54. The molecule has 0 aromatic heterocycles. The van der Waals surface area contributed by atoms with Crippen molar-refractivity contribution in [1.29, 1.82) is 0 Å². The average molecular weight is 295 g/mol. The molecule has 1 fully saturated rings. The lowest BCUT2D eigenvalue weighted by Crippen LogP contribution is -2.43. The Balaban J connectivity index is 1.73. The third-order valence-electron chi connectivity index (χ3n) is 3.40. The largest absolute Gasteiger partial charge is 0.335 e. The van der Waals surface area contributed by atoms with Crippen molar-refractivity contribution in [3.63, 3.8) is 0 Å². The Morgan fingerprint density at radius 2 is 2.24 bits per heavy atom. The van der Waals surface area contributed by atoms with E-state index in [1.54, 1.807) is 0 Å². The number of fused-ring (bicyclic) bond motifs is 1. The van der Waals surface area contributed by atoms with Crippen LogP contribution < -0.4 is 5.32 Å². The molecule has 90 valence electrons. The third-order valence-corrected chi connectivity index (χ3v) is 4.14. The van der Waals surface area contributed by atoms with Crippen LogP contribution in [0.4, 0.5) is 4.79 Å². The number of amides is 2. The van der Waals surface area contributed by atoms with Crippen LogP contribution in [0, 0.1) is 0 Å². The average Bonchev–Trinajstić information content (AvgIpc) is 3.13. The zero-order valence-electron chi connectivity index (χ0n) is 9.58. The van der Waals surface area contributed by atoms with E-state index >= 15 is 0 Å². The fraction of sp³-hybridized carbons (Fsp3) is 0.462. The van der Waals surface area contributed by atoms with Crippen molar-refractivity contribution in [2.24, 2.45) is 0 Å². The van der Waals surface area contributed by atoms with E-state index in [-0.39, 0.29) is 6.03 Å². The highest BCUT2D eigenvalue weighted by atomic mass is 79.9. The fourth-order valence-electron chi connectivity index (χ4n) is 2.23. The summed E-state index contributed by atoms with van der Waals surface area (Å²) >= 11 is 3.57. The molecule has 2 aliphatic rings. The first-order valence-corrected chi connectivity index (χ1v) is 6.85. The van der Waals surface area contributed by atoms with Crippen LogP contribution in [0.15, 0.2) is 22.7 Å². The van der Waals surface area contributed by atoms with Crippen LogP contribution in [0.2, 0.25) is 0 Å². The Labute approximate surface area is 109 Å². The number of hydrogen-bond acceptors (Lipinski definition) is 1. The quantitative estimate of drug-likeness (QED) is 0.849. The SMILES string of the molecule is O=C(NC1CC1)N1CCc2c(Br)cccc2C1. The molecule has 1 N–H and O–H groups in total. The molecule has 3 rings (SSSR count). The van der Waals surface area contributed by atoms with Crippen LogP contribution in [-0.4, -0.2) is 23.5 Å². The van der Waals surface area contributed by atoms with Gasteiger partial charge in [-0.2, -0.15) is 0 Å². The van der Waals surface area contributed by atoms with E-state index in [1.807, 2.05) is 11.0 Å². The summed E-state index contributed by atoms with van der Waals surface area (Å²) in [5.74, 6) is 0. The number of rotatable bonds is 1. The molecule has 1 aliphatic carbocycles. The van der Waals surface area contributed by atoms with Crippen LogP contribution >= 0.6 is 15.9 Å². The summed E-state index contributed by atoms with van der Waals surface area (Å²) in [7, 11) is 0. The molecule has 0 spiro atoms. The van der Waals surface area contributed by atoms with Gasteiger partial charge in [0.2, 0.25) is 0 Å². The summed E-state index contributed by atoms with van der Waals surface area (Å²) in [5.41, 5.74) is 2.61. The Hall–Kier alpha value is -1.03. The van der Waals surface area contributed by atoms with E-state index in [1.165, 1.54) is 11.1 Å². The predicted molar refractivity (Wildman–Crippen MR) is 69.8 cm³/mol. The molecule has 1 aromatic rings. The molecule has 0 bridgehead atoms. The summed E-state index contributed by atoms with van der Waals surface area (Å²) in [5, 5.41) is 3.04. The van der Waals surface area contributed by atoms with Gasteiger partial charge in [-0.05, 0) is 36.5 Å². The van der Waals surface area contributed by atoms with Crippen LogP contribution in [0.5, 0.6) is 0 Å². The van der Waals surface area contributed by atoms with Crippen molar-refractivity contribution in [1.82, 2.24) is 10.2 Å². The number of carbonyl (C=O) groups is 1. The summed E-state index contributed by atoms with van der Waals surface area (Å²) in [4.78, 5) is 13.9. The molecule has 1 saturated carbocycles. The predicted octanol–water partition coefficient (Wildman–Crippen LogP) is 2.68. The van der Waals surface area contributed by atoms with E-state index in [9.17, 15) is 4.79 Å². The van der Waals surface area contributed by atoms with Crippen molar-refractivity contribution < 1.29 is 4.79 Å². The minimum atomic E-state index is 0.0955. The van der Waals surface area contributed by atoms with Crippen molar-refractivity contribution in [2.45, 2.75) is 31.8 Å². The summed E-state index contributed by atoms with van der Waals surface area (Å²) in [6.07, 6.45) is 3.22. The number of nitrogens with zero attached hydrogens (tertiary/aromatic N) is 1. The molecule has 4 heteroatoms. The van der Waals surface area contributed by atoms with Crippen LogP contribution in [0.3, 0.4) is 0 Å². The second-order valence-electron chi connectivity index (χ2n) is 4.77. The molecule has 1 heterocycles. The Morgan fingerprint density at radius 3 is 3.00 bits per heavy atom.